The highest BCUT2D eigenvalue weighted by Gasteiger charge is 2.26. The lowest BCUT2D eigenvalue weighted by atomic mass is 10.0. The summed E-state index contributed by atoms with van der Waals surface area (Å²) in [4.78, 5) is 24.8. The van der Waals surface area contributed by atoms with Gasteiger partial charge in [-0.05, 0) is 36.4 Å². The molecule has 1 aliphatic heterocycles. The van der Waals surface area contributed by atoms with Crippen LogP contribution in [0.2, 0.25) is 0 Å². The highest BCUT2D eigenvalue weighted by molar-refractivity contribution is 6.11. The average molecular weight is 343 g/mol. The topological polar surface area (TPSA) is 70.2 Å². The lowest BCUT2D eigenvalue weighted by molar-refractivity contribution is 0.0966. The zero-order valence-corrected chi connectivity index (χ0v) is 14.0. The number of benzene rings is 3. The standard InChI is InChI=1S/C21H17N3O2/c25-20(14-7-3-1-4-8-14)24-18-12-11-17(16-13-22-21(26)19(16)18)23-15-9-5-2-6-10-15/h1-12,23H,13H2,(H,22,26)(H,24,25). The van der Waals surface area contributed by atoms with Crippen LogP contribution < -0.4 is 16.0 Å². The van der Waals surface area contributed by atoms with Gasteiger partial charge in [0.2, 0.25) is 0 Å². The van der Waals surface area contributed by atoms with Crippen molar-refractivity contribution < 1.29 is 9.59 Å². The molecule has 5 nitrogen and oxygen atoms in total. The van der Waals surface area contributed by atoms with Gasteiger partial charge in [-0.2, -0.15) is 0 Å². The third-order valence-corrected chi connectivity index (χ3v) is 4.30. The molecular formula is C21H17N3O2. The van der Waals surface area contributed by atoms with Gasteiger partial charge in [0.05, 0.1) is 11.3 Å². The molecule has 1 aliphatic rings. The summed E-state index contributed by atoms with van der Waals surface area (Å²) in [5.41, 5.74) is 4.21. The summed E-state index contributed by atoms with van der Waals surface area (Å²) in [6.07, 6.45) is 0. The van der Waals surface area contributed by atoms with E-state index in [1.165, 1.54) is 0 Å². The average Bonchev–Trinajstić information content (AvgIpc) is 3.08. The third-order valence-electron chi connectivity index (χ3n) is 4.30. The smallest absolute Gasteiger partial charge is 0.255 e. The van der Waals surface area contributed by atoms with Crippen molar-refractivity contribution in [2.45, 2.75) is 6.54 Å². The zero-order chi connectivity index (χ0) is 17.9. The number of nitrogens with one attached hydrogen (secondary N) is 3. The van der Waals surface area contributed by atoms with Gasteiger partial charge in [-0.25, -0.2) is 0 Å². The first-order valence-corrected chi connectivity index (χ1v) is 8.35. The van der Waals surface area contributed by atoms with E-state index in [4.69, 9.17) is 0 Å². The van der Waals surface area contributed by atoms with Crippen LogP contribution in [0.25, 0.3) is 0 Å². The van der Waals surface area contributed by atoms with Crippen molar-refractivity contribution in [2.24, 2.45) is 0 Å². The predicted octanol–water partition coefficient (Wildman–Crippen LogP) is 3.93. The summed E-state index contributed by atoms with van der Waals surface area (Å²) in [5.74, 6) is -0.420. The summed E-state index contributed by atoms with van der Waals surface area (Å²) >= 11 is 0. The Labute approximate surface area is 151 Å². The van der Waals surface area contributed by atoms with E-state index in [0.29, 0.717) is 23.4 Å². The lowest BCUT2D eigenvalue weighted by Crippen LogP contribution is -2.17. The first-order chi connectivity index (χ1) is 12.7. The highest BCUT2D eigenvalue weighted by atomic mass is 16.2. The number of fused-ring (bicyclic) bond motifs is 1. The Morgan fingerprint density at radius 1 is 0.846 bits per heavy atom. The minimum atomic E-state index is -0.240. The molecule has 3 N–H and O–H groups in total. The fourth-order valence-corrected chi connectivity index (χ4v) is 3.03. The number of hydrogen-bond acceptors (Lipinski definition) is 3. The van der Waals surface area contributed by atoms with Crippen LogP contribution in [0.15, 0.2) is 72.8 Å². The summed E-state index contributed by atoms with van der Waals surface area (Å²) in [6, 6.07) is 22.3. The van der Waals surface area contributed by atoms with E-state index in [-0.39, 0.29) is 11.8 Å². The van der Waals surface area contributed by atoms with Gasteiger partial charge in [0, 0.05) is 29.0 Å². The molecule has 5 heteroatoms. The predicted molar refractivity (Wildman–Crippen MR) is 102 cm³/mol. The minimum Gasteiger partial charge on any atom is -0.355 e. The first-order valence-electron chi connectivity index (χ1n) is 8.35. The highest BCUT2D eigenvalue weighted by Crippen LogP contribution is 2.32. The monoisotopic (exact) mass is 343 g/mol. The molecule has 128 valence electrons. The van der Waals surface area contributed by atoms with Crippen molar-refractivity contribution in [3.05, 3.63) is 89.5 Å². The zero-order valence-electron chi connectivity index (χ0n) is 14.0. The molecular weight excluding hydrogens is 326 g/mol. The molecule has 0 saturated carbocycles. The number of carbonyl (C=O) groups excluding carboxylic acids is 2. The normalized spacial score (nSPS) is 12.2. The Kier molecular flexibility index (Phi) is 4.11. The molecule has 26 heavy (non-hydrogen) atoms. The lowest BCUT2D eigenvalue weighted by Gasteiger charge is -2.14. The summed E-state index contributed by atoms with van der Waals surface area (Å²) in [6.45, 7) is 0.429. The molecule has 2 amide bonds. The van der Waals surface area contributed by atoms with Crippen LogP contribution in [0.5, 0.6) is 0 Å². The van der Waals surface area contributed by atoms with Gasteiger partial charge >= 0.3 is 0 Å². The molecule has 1 heterocycles. The van der Waals surface area contributed by atoms with Crippen LogP contribution in [0.3, 0.4) is 0 Å². The molecule has 0 saturated heterocycles. The maximum Gasteiger partial charge on any atom is 0.255 e. The van der Waals surface area contributed by atoms with Gasteiger partial charge in [0.15, 0.2) is 0 Å². The quantitative estimate of drug-likeness (QED) is 0.672. The Morgan fingerprint density at radius 2 is 1.50 bits per heavy atom. The van der Waals surface area contributed by atoms with Crippen LogP contribution in [0.1, 0.15) is 26.3 Å². The number of para-hydroxylation sites is 1. The van der Waals surface area contributed by atoms with Gasteiger partial charge in [0.1, 0.15) is 0 Å². The van der Waals surface area contributed by atoms with Crippen molar-refractivity contribution in [1.82, 2.24) is 5.32 Å². The van der Waals surface area contributed by atoms with Crippen LogP contribution in [0, 0.1) is 0 Å². The van der Waals surface area contributed by atoms with Crippen molar-refractivity contribution in [1.29, 1.82) is 0 Å². The SMILES string of the molecule is O=C(Nc1ccc(Nc2ccccc2)c2c1C(=O)NC2)c1ccccc1. The van der Waals surface area contributed by atoms with Gasteiger partial charge in [-0.1, -0.05) is 36.4 Å². The number of amides is 2. The van der Waals surface area contributed by atoms with Crippen LogP contribution in [-0.2, 0) is 6.54 Å². The van der Waals surface area contributed by atoms with E-state index in [0.717, 1.165) is 16.9 Å². The molecule has 0 unspecified atom stereocenters. The maximum absolute atomic E-state index is 12.4. The van der Waals surface area contributed by atoms with Crippen molar-refractivity contribution in [2.75, 3.05) is 10.6 Å². The van der Waals surface area contributed by atoms with E-state index < -0.39 is 0 Å². The largest absolute Gasteiger partial charge is 0.355 e. The molecule has 0 radical (unpaired) electrons. The van der Waals surface area contributed by atoms with Gasteiger partial charge in [-0.3, -0.25) is 9.59 Å². The summed E-state index contributed by atoms with van der Waals surface area (Å²) in [5, 5.41) is 9.02. The van der Waals surface area contributed by atoms with Crippen LogP contribution in [-0.4, -0.2) is 11.8 Å². The maximum atomic E-state index is 12.4. The molecule has 0 aromatic heterocycles. The molecule has 0 atom stereocenters. The molecule has 0 fully saturated rings. The molecule has 0 aliphatic carbocycles. The fraction of sp³-hybridized carbons (Fsp3) is 0.0476. The number of carbonyl (C=O) groups is 2. The molecule has 0 bridgehead atoms. The number of anilines is 3. The van der Waals surface area contributed by atoms with Gasteiger partial charge in [0.25, 0.3) is 11.8 Å². The van der Waals surface area contributed by atoms with Crippen LogP contribution in [0.4, 0.5) is 17.1 Å². The van der Waals surface area contributed by atoms with E-state index in [1.54, 1.807) is 30.3 Å². The summed E-state index contributed by atoms with van der Waals surface area (Å²) < 4.78 is 0. The van der Waals surface area contributed by atoms with Crippen molar-refractivity contribution in [3.63, 3.8) is 0 Å². The second-order valence-electron chi connectivity index (χ2n) is 6.01. The third kappa shape index (κ3) is 3.02. The molecule has 4 rings (SSSR count). The van der Waals surface area contributed by atoms with Gasteiger partial charge in [-0.15, -0.1) is 0 Å². The Bertz CT molecular complexity index is 969. The fourth-order valence-electron chi connectivity index (χ4n) is 3.03. The number of rotatable bonds is 4. The van der Waals surface area contributed by atoms with E-state index >= 15 is 0 Å². The Morgan fingerprint density at radius 3 is 2.23 bits per heavy atom. The van der Waals surface area contributed by atoms with Crippen LogP contribution >= 0.6 is 0 Å². The first kappa shape index (κ1) is 15.9. The Balaban J connectivity index is 1.66. The van der Waals surface area contributed by atoms with E-state index in [1.807, 2.05) is 42.5 Å². The summed E-state index contributed by atoms with van der Waals surface area (Å²) in [7, 11) is 0. The van der Waals surface area contributed by atoms with Crippen molar-refractivity contribution in [3.8, 4) is 0 Å². The number of hydrogen-bond donors (Lipinski definition) is 3. The van der Waals surface area contributed by atoms with E-state index in [2.05, 4.69) is 16.0 Å². The van der Waals surface area contributed by atoms with E-state index in [9.17, 15) is 9.59 Å². The molecule has 0 spiro atoms. The van der Waals surface area contributed by atoms with Gasteiger partial charge < -0.3 is 16.0 Å². The second-order valence-corrected chi connectivity index (χ2v) is 6.01. The Hall–Kier alpha value is -3.60. The van der Waals surface area contributed by atoms with Crippen molar-refractivity contribution >= 4 is 28.9 Å². The molecule has 3 aromatic carbocycles. The minimum absolute atomic E-state index is 0.180. The molecule has 3 aromatic rings. The second kappa shape index (κ2) is 6.72.